The fourth-order valence-electron chi connectivity index (χ4n) is 2.54. The summed E-state index contributed by atoms with van der Waals surface area (Å²) in [4.78, 5) is 23.1. The van der Waals surface area contributed by atoms with Crippen molar-refractivity contribution in [2.75, 3.05) is 31.1 Å². The van der Waals surface area contributed by atoms with Crippen LogP contribution >= 0.6 is 0 Å². The van der Waals surface area contributed by atoms with Crippen molar-refractivity contribution >= 4 is 11.7 Å². The van der Waals surface area contributed by atoms with Crippen LogP contribution in [0.15, 0.2) is 18.6 Å². The highest BCUT2D eigenvalue weighted by Crippen LogP contribution is 2.25. The molecule has 1 saturated heterocycles. The number of hydrogen-bond donors (Lipinski definition) is 0. The van der Waals surface area contributed by atoms with E-state index in [-0.39, 0.29) is 26.2 Å². The zero-order valence-electron chi connectivity index (χ0n) is 12.6. The number of carbonyl (C=O) groups excluding carboxylic acids is 1. The second-order valence-corrected chi connectivity index (χ2v) is 5.29. The second kappa shape index (κ2) is 6.61. The Morgan fingerprint density at radius 1 is 0.840 bits per heavy atom. The average Bonchev–Trinajstić information content (AvgIpc) is 2.65. The summed E-state index contributed by atoms with van der Waals surface area (Å²) in [7, 11) is 0. The van der Waals surface area contributed by atoms with Gasteiger partial charge < -0.3 is 9.80 Å². The van der Waals surface area contributed by atoms with E-state index >= 15 is 0 Å². The lowest BCUT2D eigenvalue weighted by Crippen LogP contribution is -2.49. The van der Waals surface area contributed by atoms with Crippen molar-refractivity contribution in [1.82, 2.24) is 14.9 Å². The molecule has 1 aliphatic heterocycles. The summed E-state index contributed by atoms with van der Waals surface area (Å²) in [6.45, 7) is 0.628. The first kappa shape index (κ1) is 17.1. The van der Waals surface area contributed by atoms with Gasteiger partial charge in [0, 0.05) is 38.6 Å². The van der Waals surface area contributed by atoms with Gasteiger partial charge in [-0.1, -0.05) is 0 Å². The molecule has 2 aromatic rings. The van der Waals surface area contributed by atoms with Crippen LogP contribution in [0.5, 0.6) is 0 Å². The molecule has 0 bridgehead atoms. The van der Waals surface area contributed by atoms with Crippen molar-refractivity contribution in [3.05, 3.63) is 53.2 Å². The summed E-state index contributed by atoms with van der Waals surface area (Å²) < 4.78 is 67.1. The van der Waals surface area contributed by atoms with E-state index in [0.717, 1.165) is 4.90 Å². The monoisotopic (exact) mass is 358 g/mol. The summed E-state index contributed by atoms with van der Waals surface area (Å²) in [6, 6.07) is 0. The van der Waals surface area contributed by atoms with Gasteiger partial charge in [-0.3, -0.25) is 9.78 Å². The first-order chi connectivity index (χ1) is 11.9. The largest absolute Gasteiger partial charge is 0.352 e. The standard InChI is InChI=1S/C15H11F5N4O/c16-10-9(11(17)13(19)14(20)12(10)18)15(25)24-5-3-23(4-6-24)8-7-21-1-2-22-8/h1-2,7H,3-6H2. The van der Waals surface area contributed by atoms with Gasteiger partial charge in [0.2, 0.25) is 5.82 Å². The Balaban J connectivity index is 1.80. The normalized spacial score (nSPS) is 14.8. The molecule has 0 saturated carbocycles. The van der Waals surface area contributed by atoms with Gasteiger partial charge in [0.15, 0.2) is 23.3 Å². The molecule has 0 radical (unpaired) electrons. The first-order valence-electron chi connectivity index (χ1n) is 7.23. The minimum Gasteiger partial charge on any atom is -0.352 e. The number of nitrogens with zero attached hydrogens (tertiary/aromatic N) is 4. The third kappa shape index (κ3) is 2.99. The molecular formula is C15H11F5N4O. The van der Waals surface area contributed by atoms with E-state index in [4.69, 9.17) is 0 Å². The Kier molecular flexibility index (Phi) is 4.51. The Labute approximate surface area is 138 Å². The maximum atomic E-state index is 13.8. The molecule has 1 aromatic heterocycles. The maximum absolute atomic E-state index is 13.8. The quantitative estimate of drug-likeness (QED) is 0.469. The van der Waals surface area contributed by atoms with Gasteiger partial charge in [0.05, 0.1) is 6.20 Å². The molecular weight excluding hydrogens is 347 g/mol. The number of benzene rings is 1. The lowest BCUT2D eigenvalue weighted by Gasteiger charge is -2.35. The maximum Gasteiger partial charge on any atom is 0.260 e. The number of piperazine rings is 1. The molecule has 0 unspecified atom stereocenters. The predicted octanol–water partition coefficient (Wildman–Crippen LogP) is 2.13. The zero-order valence-corrected chi connectivity index (χ0v) is 12.6. The smallest absolute Gasteiger partial charge is 0.260 e. The highest BCUT2D eigenvalue weighted by Gasteiger charge is 2.33. The lowest BCUT2D eigenvalue weighted by atomic mass is 10.1. The zero-order chi connectivity index (χ0) is 18.1. The SMILES string of the molecule is O=C(c1c(F)c(F)c(F)c(F)c1F)N1CCN(c2cnccn2)CC1. The second-order valence-electron chi connectivity index (χ2n) is 5.29. The average molecular weight is 358 g/mol. The molecule has 5 nitrogen and oxygen atoms in total. The van der Waals surface area contributed by atoms with Crippen LogP contribution in [0.1, 0.15) is 10.4 Å². The molecule has 3 rings (SSSR count). The van der Waals surface area contributed by atoms with Crippen LogP contribution < -0.4 is 4.90 Å². The molecule has 1 fully saturated rings. The number of carbonyl (C=O) groups is 1. The molecule has 0 spiro atoms. The van der Waals surface area contributed by atoms with Crippen LogP contribution in [0, 0.1) is 29.1 Å². The van der Waals surface area contributed by atoms with Crippen molar-refractivity contribution in [2.45, 2.75) is 0 Å². The highest BCUT2D eigenvalue weighted by molar-refractivity contribution is 5.95. The molecule has 0 atom stereocenters. The Bertz CT molecular complexity index is 780. The number of hydrogen-bond acceptors (Lipinski definition) is 4. The Morgan fingerprint density at radius 3 is 1.92 bits per heavy atom. The molecule has 1 aliphatic rings. The van der Waals surface area contributed by atoms with Crippen LogP contribution in [0.3, 0.4) is 0 Å². The van der Waals surface area contributed by atoms with Gasteiger partial charge in [-0.2, -0.15) is 0 Å². The van der Waals surface area contributed by atoms with Crippen molar-refractivity contribution < 1.29 is 26.7 Å². The molecule has 0 aliphatic carbocycles. The van der Waals surface area contributed by atoms with E-state index in [0.29, 0.717) is 5.82 Å². The van der Waals surface area contributed by atoms with E-state index in [1.54, 1.807) is 4.90 Å². The number of amides is 1. The summed E-state index contributed by atoms with van der Waals surface area (Å²) in [5.74, 6) is -11.5. The van der Waals surface area contributed by atoms with Crippen LogP contribution in [-0.2, 0) is 0 Å². The van der Waals surface area contributed by atoms with Gasteiger partial charge in [0.1, 0.15) is 11.4 Å². The van der Waals surface area contributed by atoms with Gasteiger partial charge in [0.25, 0.3) is 5.91 Å². The van der Waals surface area contributed by atoms with Gasteiger partial charge >= 0.3 is 0 Å². The molecule has 132 valence electrons. The van der Waals surface area contributed by atoms with Gasteiger partial charge in [-0.25, -0.2) is 26.9 Å². The Hall–Kier alpha value is -2.78. The molecule has 0 N–H and O–H groups in total. The van der Waals surface area contributed by atoms with E-state index < -0.39 is 40.6 Å². The molecule has 2 heterocycles. The van der Waals surface area contributed by atoms with Crippen molar-refractivity contribution in [2.24, 2.45) is 0 Å². The number of rotatable bonds is 2. The van der Waals surface area contributed by atoms with E-state index in [2.05, 4.69) is 9.97 Å². The summed E-state index contributed by atoms with van der Waals surface area (Å²) >= 11 is 0. The lowest BCUT2D eigenvalue weighted by molar-refractivity contribution is 0.0733. The first-order valence-corrected chi connectivity index (χ1v) is 7.23. The number of halogens is 5. The molecule has 25 heavy (non-hydrogen) atoms. The van der Waals surface area contributed by atoms with Crippen molar-refractivity contribution in [3.8, 4) is 0 Å². The van der Waals surface area contributed by atoms with Crippen molar-refractivity contribution in [1.29, 1.82) is 0 Å². The predicted molar refractivity (Wildman–Crippen MR) is 76.4 cm³/mol. The molecule has 1 aromatic carbocycles. The third-order valence-electron chi connectivity index (χ3n) is 3.86. The fourth-order valence-corrected chi connectivity index (χ4v) is 2.54. The summed E-state index contributed by atoms with van der Waals surface area (Å²) in [6.07, 6.45) is 4.50. The number of anilines is 1. The van der Waals surface area contributed by atoms with Crippen LogP contribution in [-0.4, -0.2) is 47.0 Å². The van der Waals surface area contributed by atoms with Gasteiger partial charge in [-0.15, -0.1) is 0 Å². The highest BCUT2D eigenvalue weighted by atomic mass is 19.2. The third-order valence-corrected chi connectivity index (χ3v) is 3.86. The van der Waals surface area contributed by atoms with Crippen LogP contribution in [0.25, 0.3) is 0 Å². The minimum atomic E-state index is -2.29. The minimum absolute atomic E-state index is 0.0366. The summed E-state index contributed by atoms with van der Waals surface area (Å²) in [5, 5.41) is 0. The van der Waals surface area contributed by atoms with Gasteiger partial charge in [-0.05, 0) is 0 Å². The van der Waals surface area contributed by atoms with E-state index in [1.807, 2.05) is 0 Å². The fraction of sp³-hybridized carbons (Fsp3) is 0.267. The summed E-state index contributed by atoms with van der Waals surface area (Å²) in [5.41, 5.74) is -1.44. The Morgan fingerprint density at radius 2 is 1.40 bits per heavy atom. The van der Waals surface area contributed by atoms with Crippen LogP contribution in [0.2, 0.25) is 0 Å². The van der Waals surface area contributed by atoms with Crippen LogP contribution in [0.4, 0.5) is 27.8 Å². The van der Waals surface area contributed by atoms with Crippen molar-refractivity contribution in [3.63, 3.8) is 0 Å². The molecule has 10 heteroatoms. The molecule has 1 amide bonds. The topological polar surface area (TPSA) is 49.3 Å². The van der Waals surface area contributed by atoms with E-state index in [1.165, 1.54) is 18.6 Å². The van der Waals surface area contributed by atoms with E-state index in [9.17, 15) is 26.7 Å². The number of aromatic nitrogens is 2.